The van der Waals surface area contributed by atoms with Crippen LogP contribution in [0.1, 0.15) is 18.4 Å². The molecule has 1 aromatic carbocycles. The molecule has 2 saturated heterocycles. The highest BCUT2D eigenvalue weighted by Crippen LogP contribution is 2.30. The van der Waals surface area contributed by atoms with E-state index in [1.165, 1.54) is 0 Å². The number of hydrogen-bond acceptors (Lipinski definition) is 3. The maximum Gasteiger partial charge on any atom is 0.243 e. The first-order valence-electron chi connectivity index (χ1n) is 6.88. The second-order valence-electron chi connectivity index (χ2n) is 5.55. The Labute approximate surface area is 114 Å². The van der Waals surface area contributed by atoms with Crippen LogP contribution in [0.25, 0.3) is 0 Å². The van der Waals surface area contributed by atoms with Gasteiger partial charge < -0.3 is 5.32 Å². The smallest absolute Gasteiger partial charge is 0.243 e. The molecule has 2 aliphatic heterocycles. The molecule has 0 amide bonds. The summed E-state index contributed by atoms with van der Waals surface area (Å²) >= 11 is 0. The molecule has 4 nitrogen and oxygen atoms in total. The number of piperidine rings is 1. The lowest BCUT2D eigenvalue weighted by atomic mass is 9.94. The van der Waals surface area contributed by atoms with Gasteiger partial charge in [0.1, 0.15) is 0 Å². The van der Waals surface area contributed by atoms with Gasteiger partial charge in [0.2, 0.25) is 10.0 Å². The molecule has 5 heteroatoms. The molecule has 0 aliphatic carbocycles. The average Bonchev–Trinajstić information content (AvgIpc) is 2.83. The van der Waals surface area contributed by atoms with Gasteiger partial charge in [-0.3, -0.25) is 0 Å². The molecule has 0 spiro atoms. The summed E-state index contributed by atoms with van der Waals surface area (Å²) in [7, 11) is -3.33. The minimum absolute atomic E-state index is 0.340. The lowest BCUT2D eigenvalue weighted by molar-refractivity contribution is 0.339. The zero-order valence-corrected chi connectivity index (χ0v) is 12.0. The van der Waals surface area contributed by atoms with Gasteiger partial charge in [0, 0.05) is 19.1 Å². The lowest BCUT2D eigenvalue weighted by Crippen LogP contribution is -2.41. The average molecular weight is 280 g/mol. The fourth-order valence-corrected chi connectivity index (χ4v) is 4.94. The largest absolute Gasteiger partial charge is 0.312 e. The van der Waals surface area contributed by atoms with Crippen molar-refractivity contribution in [2.45, 2.75) is 30.7 Å². The van der Waals surface area contributed by atoms with Crippen LogP contribution in [-0.4, -0.2) is 38.4 Å². The van der Waals surface area contributed by atoms with Crippen LogP contribution in [-0.2, 0) is 10.0 Å². The molecule has 0 radical (unpaired) electrons. The van der Waals surface area contributed by atoms with Crippen molar-refractivity contribution < 1.29 is 8.42 Å². The molecule has 2 unspecified atom stereocenters. The SMILES string of the molecule is Cc1ccccc1S(=O)(=O)N1CC2CCCNC2C1. The summed E-state index contributed by atoms with van der Waals surface area (Å²) < 4.78 is 27.0. The third kappa shape index (κ3) is 2.30. The first-order valence-corrected chi connectivity index (χ1v) is 8.32. The highest BCUT2D eigenvalue weighted by atomic mass is 32.2. The van der Waals surface area contributed by atoms with Gasteiger partial charge >= 0.3 is 0 Å². The second-order valence-corrected chi connectivity index (χ2v) is 7.46. The summed E-state index contributed by atoms with van der Waals surface area (Å²) in [4.78, 5) is 0.452. The number of benzene rings is 1. The van der Waals surface area contributed by atoms with Gasteiger partial charge in [-0.25, -0.2) is 8.42 Å². The Hall–Kier alpha value is -0.910. The molecule has 2 fully saturated rings. The number of nitrogens with zero attached hydrogens (tertiary/aromatic N) is 1. The Kier molecular flexibility index (Phi) is 3.37. The third-order valence-electron chi connectivity index (χ3n) is 4.28. The van der Waals surface area contributed by atoms with Crippen molar-refractivity contribution in [1.29, 1.82) is 0 Å². The van der Waals surface area contributed by atoms with E-state index in [4.69, 9.17) is 0 Å². The third-order valence-corrected chi connectivity index (χ3v) is 6.27. The number of nitrogens with one attached hydrogen (secondary N) is 1. The fraction of sp³-hybridized carbons (Fsp3) is 0.571. The molecule has 1 aromatic rings. The molecule has 0 saturated carbocycles. The number of rotatable bonds is 2. The summed E-state index contributed by atoms with van der Waals surface area (Å²) in [6.45, 7) is 4.14. The Bertz CT molecular complexity index is 557. The van der Waals surface area contributed by atoms with Crippen LogP contribution in [0.15, 0.2) is 29.2 Å². The van der Waals surface area contributed by atoms with Crippen molar-refractivity contribution in [2.75, 3.05) is 19.6 Å². The van der Waals surface area contributed by atoms with Gasteiger partial charge in [0.05, 0.1) is 4.90 Å². The molecule has 104 valence electrons. The Morgan fingerprint density at radius 1 is 1.26 bits per heavy atom. The van der Waals surface area contributed by atoms with Gasteiger partial charge in [-0.1, -0.05) is 18.2 Å². The normalized spacial score (nSPS) is 28.3. The van der Waals surface area contributed by atoms with E-state index in [-0.39, 0.29) is 0 Å². The second kappa shape index (κ2) is 4.89. The highest BCUT2D eigenvalue weighted by molar-refractivity contribution is 7.89. The van der Waals surface area contributed by atoms with Gasteiger partial charge in [0.25, 0.3) is 0 Å². The monoisotopic (exact) mass is 280 g/mol. The van der Waals surface area contributed by atoms with E-state index in [1.54, 1.807) is 16.4 Å². The van der Waals surface area contributed by atoms with E-state index in [0.29, 0.717) is 29.9 Å². The van der Waals surface area contributed by atoms with Crippen LogP contribution in [0, 0.1) is 12.8 Å². The van der Waals surface area contributed by atoms with Gasteiger partial charge in [-0.15, -0.1) is 0 Å². The topological polar surface area (TPSA) is 49.4 Å². The zero-order chi connectivity index (χ0) is 13.5. The van der Waals surface area contributed by atoms with Crippen molar-refractivity contribution in [3.63, 3.8) is 0 Å². The highest BCUT2D eigenvalue weighted by Gasteiger charge is 2.40. The number of hydrogen-bond donors (Lipinski definition) is 1. The molecule has 3 rings (SSSR count). The Morgan fingerprint density at radius 3 is 2.79 bits per heavy atom. The van der Waals surface area contributed by atoms with E-state index in [0.717, 1.165) is 24.9 Å². The molecule has 2 heterocycles. The molecule has 1 N–H and O–H groups in total. The van der Waals surface area contributed by atoms with Crippen LogP contribution >= 0.6 is 0 Å². The van der Waals surface area contributed by atoms with Crippen LogP contribution in [0.2, 0.25) is 0 Å². The molecule has 0 bridgehead atoms. The van der Waals surface area contributed by atoms with Crippen molar-refractivity contribution in [3.8, 4) is 0 Å². The summed E-state index contributed by atoms with van der Waals surface area (Å²) in [6, 6.07) is 7.57. The van der Waals surface area contributed by atoms with Crippen LogP contribution in [0.5, 0.6) is 0 Å². The van der Waals surface area contributed by atoms with Gasteiger partial charge in [-0.2, -0.15) is 4.31 Å². The van der Waals surface area contributed by atoms with Crippen LogP contribution in [0.4, 0.5) is 0 Å². The first-order chi connectivity index (χ1) is 9.09. The predicted octanol–water partition coefficient (Wildman–Crippen LogP) is 1.37. The van der Waals surface area contributed by atoms with E-state index >= 15 is 0 Å². The summed E-state index contributed by atoms with van der Waals surface area (Å²) in [5.41, 5.74) is 0.824. The quantitative estimate of drug-likeness (QED) is 0.890. The van der Waals surface area contributed by atoms with Crippen molar-refractivity contribution in [3.05, 3.63) is 29.8 Å². The number of fused-ring (bicyclic) bond motifs is 1. The predicted molar refractivity (Wildman–Crippen MR) is 74.5 cm³/mol. The minimum Gasteiger partial charge on any atom is -0.312 e. The molecule has 2 aliphatic rings. The summed E-state index contributed by atoms with van der Waals surface area (Å²) in [6.07, 6.45) is 2.29. The maximum absolute atomic E-state index is 12.7. The molecular weight excluding hydrogens is 260 g/mol. The van der Waals surface area contributed by atoms with Crippen molar-refractivity contribution in [2.24, 2.45) is 5.92 Å². The lowest BCUT2D eigenvalue weighted by Gasteiger charge is -2.24. The molecular formula is C14H20N2O2S. The van der Waals surface area contributed by atoms with Crippen molar-refractivity contribution in [1.82, 2.24) is 9.62 Å². The van der Waals surface area contributed by atoms with Crippen molar-refractivity contribution >= 4 is 10.0 Å². The fourth-order valence-electron chi connectivity index (χ4n) is 3.19. The first kappa shape index (κ1) is 13.1. The van der Waals surface area contributed by atoms with Crippen LogP contribution in [0.3, 0.4) is 0 Å². The van der Waals surface area contributed by atoms with Gasteiger partial charge in [-0.05, 0) is 43.9 Å². The number of sulfonamides is 1. The summed E-state index contributed by atoms with van der Waals surface area (Å²) in [5.74, 6) is 0.479. The Balaban J connectivity index is 1.88. The number of aryl methyl sites for hydroxylation is 1. The molecule has 0 aromatic heterocycles. The van der Waals surface area contributed by atoms with E-state index in [9.17, 15) is 8.42 Å². The van der Waals surface area contributed by atoms with E-state index < -0.39 is 10.0 Å². The molecule has 2 atom stereocenters. The minimum atomic E-state index is -3.33. The van der Waals surface area contributed by atoms with E-state index in [1.807, 2.05) is 19.1 Å². The van der Waals surface area contributed by atoms with Gasteiger partial charge in [0.15, 0.2) is 0 Å². The van der Waals surface area contributed by atoms with E-state index in [2.05, 4.69) is 5.32 Å². The zero-order valence-electron chi connectivity index (χ0n) is 11.2. The Morgan fingerprint density at radius 2 is 2.05 bits per heavy atom. The summed E-state index contributed by atoms with van der Waals surface area (Å²) in [5, 5.41) is 3.44. The molecule has 19 heavy (non-hydrogen) atoms. The maximum atomic E-state index is 12.7. The van der Waals surface area contributed by atoms with Crippen LogP contribution < -0.4 is 5.32 Å². The standard InChI is InChI=1S/C14H20N2O2S/c1-11-5-2-3-7-14(11)19(17,18)16-9-12-6-4-8-15-13(12)10-16/h2-3,5,7,12-13,15H,4,6,8-10H2,1H3.